The SMILES string of the molecule is CCSC(=O)CI. The zero-order valence-corrected chi connectivity index (χ0v) is 7.08. The van der Waals surface area contributed by atoms with E-state index in [2.05, 4.69) is 22.6 Å². The van der Waals surface area contributed by atoms with Crippen molar-refractivity contribution in [2.75, 3.05) is 10.2 Å². The van der Waals surface area contributed by atoms with Gasteiger partial charge in [0.1, 0.15) is 0 Å². The molecule has 0 atom stereocenters. The first-order valence-electron chi connectivity index (χ1n) is 2.02. The van der Waals surface area contributed by atoms with Gasteiger partial charge in [0, 0.05) is 0 Å². The molecule has 7 heavy (non-hydrogen) atoms. The van der Waals surface area contributed by atoms with Gasteiger partial charge in [0.2, 0.25) is 0 Å². The minimum absolute atomic E-state index is 0.281. The number of carbonyl (C=O) groups is 1. The van der Waals surface area contributed by atoms with Crippen LogP contribution in [-0.2, 0) is 4.79 Å². The second kappa shape index (κ2) is 4.90. The third-order valence-corrected chi connectivity index (χ3v) is 2.38. The molecule has 0 aromatic rings. The summed E-state index contributed by atoms with van der Waals surface area (Å²) < 4.78 is 0.635. The molecule has 3 heteroatoms. The molecule has 0 bridgehead atoms. The number of hydrogen-bond donors (Lipinski definition) is 0. The summed E-state index contributed by atoms with van der Waals surface area (Å²) in [4.78, 5) is 10.4. The number of halogens is 1. The van der Waals surface area contributed by atoms with Crippen LogP contribution >= 0.6 is 34.4 Å². The summed E-state index contributed by atoms with van der Waals surface area (Å²) in [6.07, 6.45) is 0. The first kappa shape index (κ1) is 7.75. The fraction of sp³-hybridized carbons (Fsp3) is 0.750. The number of thioether (sulfide) groups is 1. The molecule has 0 saturated heterocycles. The fourth-order valence-electron chi connectivity index (χ4n) is 0.200. The Morgan fingerprint density at radius 3 is 2.57 bits per heavy atom. The topological polar surface area (TPSA) is 17.1 Å². The molecule has 0 aliphatic heterocycles. The predicted molar refractivity (Wildman–Crippen MR) is 42.0 cm³/mol. The van der Waals surface area contributed by atoms with Crippen molar-refractivity contribution >= 4 is 39.5 Å². The van der Waals surface area contributed by atoms with Gasteiger partial charge >= 0.3 is 0 Å². The molecule has 0 heterocycles. The van der Waals surface area contributed by atoms with E-state index in [1.54, 1.807) is 0 Å². The van der Waals surface area contributed by atoms with E-state index < -0.39 is 0 Å². The van der Waals surface area contributed by atoms with Crippen LogP contribution in [0.2, 0.25) is 0 Å². The third kappa shape index (κ3) is 4.61. The molecule has 0 fully saturated rings. The van der Waals surface area contributed by atoms with Crippen molar-refractivity contribution < 1.29 is 4.79 Å². The predicted octanol–water partition coefficient (Wildman–Crippen LogP) is 1.70. The summed E-state index contributed by atoms with van der Waals surface area (Å²) in [6, 6.07) is 0. The van der Waals surface area contributed by atoms with Gasteiger partial charge in [0.25, 0.3) is 0 Å². The zero-order chi connectivity index (χ0) is 5.70. The summed E-state index contributed by atoms with van der Waals surface area (Å²) in [6.45, 7) is 1.98. The van der Waals surface area contributed by atoms with Gasteiger partial charge in [-0.15, -0.1) is 0 Å². The molecule has 0 rings (SSSR count). The number of carbonyl (C=O) groups excluding carboxylic acids is 1. The Kier molecular flexibility index (Phi) is 5.42. The van der Waals surface area contributed by atoms with Gasteiger partial charge in [0.15, 0.2) is 5.12 Å². The van der Waals surface area contributed by atoms with Crippen molar-refractivity contribution in [3.63, 3.8) is 0 Å². The van der Waals surface area contributed by atoms with E-state index in [0.717, 1.165) is 5.75 Å². The molecule has 0 radical (unpaired) electrons. The molecule has 0 saturated carbocycles. The van der Waals surface area contributed by atoms with Crippen LogP contribution in [0.3, 0.4) is 0 Å². The number of alkyl halides is 1. The van der Waals surface area contributed by atoms with E-state index in [9.17, 15) is 4.79 Å². The van der Waals surface area contributed by atoms with Gasteiger partial charge in [-0.05, 0) is 5.75 Å². The average Bonchev–Trinajstić information content (AvgIpc) is 1.68. The Morgan fingerprint density at radius 1 is 1.86 bits per heavy atom. The van der Waals surface area contributed by atoms with Crippen LogP contribution in [0.5, 0.6) is 0 Å². The lowest BCUT2D eigenvalue weighted by Crippen LogP contribution is -1.90. The average molecular weight is 230 g/mol. The molecular formula is C4H7IOS. The van der Waals surface area contributed by atoms with Crippen molar-refractivity contribution in [1.82, 2.24) is 0 Å². The lowest BCUT2D eigenvalue weighted by molar-refractivity contribution is -0.108. The van der Waals surface area contributed by atoms with Crippen LogP contribution < -0.4 is 0 Å². The molecule has 1 nitrogen and oxygen atoms in total. The van der Waals surface area contributed by atoms with E-state index in [-0.39, 0.29) is 5.12 Å². The first-order chi connectivity index (χ1) is 3.31. The highest BCUT2D eigenvalue weighted by Gasteiger charge is 1.93. The van der Waals surface area contributed by atoms with Gasteiger partial charge in [-0.1, -0.05) is 41.3 Å². The van der Waals surface area contributed by atoms with E-state index in [1.807, 2.05) is 6.92 Å². The number of hydrogen-bond acceptors (Lipinski definition) is 2. The summed E-state index contributed by atoms with van der Waals surface area (Å²) in [5.74, 6) is 0.905. The Balaban J connectivity index is 3.00. The molecule has 0 amide bonds. The molecule has 0 unspecified atom stereocenters. The van der Waals surface area contributed by atoms with Gasteiger partial charge in [-0.2, -0.15) is 0 Å². The Bertz CT molecular complexity index is 64.7. The first-order valence-corrected chi connectivity index (χ1v) is 4.54. The fourth-order valence-corrected chi connectivity index (χ4v) is 1.26. The van der Waals surface area contributed by atoms with Gasteiger partial charge in [0.05, 0.1) is 4.43 Å². The van der Waals surface area contributed by atoms with E-state index in [0.29, 0.717) is 4.43 Å². The van der Waals surface area contributed by atoms with Crippen LogP contribution in [0.15, 0.2) is 0 Å². The summed E-state index contributed by atoms with van der Waals surface area (Å²) >= 11 is 3.45. The van der Waals surface area contributed by atoms with E-state index in [4.69, 9.17) is 0 Å². The minimum atomic E-state index is 0.281. The summed E-state index contributed by atoms with van der Waals surface area (Å²) in [7, 11) is 0. The van der Waals surface area contributed by atoms with Crippen LogP contribution in [0.4, 0.5) is 0 Å². The smallest absolute Gasteiger partial charge is 0.198 e. The van der Waals surface area contributed by atoms with Crippen molar-refractivity contribution in [2.45, 2.75) is 6.92 Å². The molecule has 0 aromatic carbocycles. The van der Waals surface area contributed by atoms with Crippen LogP contribution in [-0.4, -0.2) is 15.3 Å². The van der Waals surface area contributed by atoms with Crippen molar-refractivity contribution in [3.8, 4) is 0 Å². The minimum Gasteiger partial charge on any atom is -0.286 e. The highest BCUT2D eigenvalue weighted by atomic mass is 127. The summed E-state index contributed by atoms with van der Waals surface area (Å²) in [5.41, 5.74) is 0. The molecular weight excluding hydrogens is 223 g/mol. The lowest BCUT2D eigenvalue weighted by Gasteiger charge is -1.86. The van der Waals surface area contributed by atoms with Crippen LogP contribution in [0.1, 0.15) is 6.92 Å². The van der Waals surface area contributed by atoms with Gasteiger partial charge in [-0.3, -0.25) is 4.79 Å². The second-order valence-corrected chi connectivity index (χ2v) is 3.02. The highest BCUT2D eigenvalue weighted by molar-refractivity contribution is 14.1. The molecule has 0 aliphatic carbocycles. The Labute approximate surface area is 61.4 Å². The van der Waals surface area contributed by atoms with Crippen molar-refractivity contribution in [2.24, 2.45) is 0 Å². The normalized spacial score (nSPS) is 8.86. The number of rotatable bonds is 2. The second-order valence-electron chi connectivity index (χ2n) is 0.939. The maximum Gasteiger partial charge on any atom is 0.198 e. The molecule has 0 aromatic heterocycles. The van der Waals surface area contributed by atoms with Gasteiger partial charge in [-0.25, -0.2) is 0 Å². The van der Waals surface area contributed by atoms with Crippen molar-refractivity contribution in [1.29, 1.82) is 0 Å². The summed E-state index contributed by atoms with van der Waals surface area (Å²) in [5, 5.41) is 0.281. The van der Waals surface area contributed by atoms with Crippen LogP contribution in [0, 0.1) is 0 Å². The highest BCUT2D eigenvalue weighted by Crippen LogP contribution is 2.01. The quantitative estimate of drug-likeness (QED) is 0.530. The van der Waals surface area contributed by atoms with Gasteiger partial charge < -0.3 is 0 Å². The standard InChI is InChI=1S/C4H7IOS/c1-2-7-4(6)3-5/h2-3H2,1H3. The largest absolute Gasteiger partial charge is 0.286 e. The molecule has 0 N–H and O–H groups in total. The monoisotopic (exact) mass is 230 g/mol. The maximum atomic E-state index is 10.4. The third-order valence-electron chi connectivity index (χ3n) is 0.414. The van der Waals surface area contributed by atoms with E-state index >= 15 is 0 Å². The Morgan fingerprint density at radius 2 is 2.43 bits per heavy atom. The maximum absolute atomic E-state index is 10.4. The van der Waals surface area contributed by atoms with E-state index in [1.165, 1.54) is 11.8 Å². The molecule has 42 valence electrons. The molecule has 0 aliphatic rings. The molecule has 0 spiro atoms. The van der Waals surface area contributed by atoms with Crippen LogP contribution in [0.25, 0.3) is 0 Å². The Hall–Kier alpha value is 0.750. The van der Waals surface area contributed by atoms with Crippen molar-refractivity contribution in [3.05, 3.63) is 0 Å². The zero-order valence-electron chi connectivity index (χ0n) is 4.11. The lowest BCUT2D eigenvalue weighted by atomic mass is 10.9.